The smallest absolute Gasteiger partial charge is 0.312 e. The topological polar surface area (TPSA) is 234 Å². The normalized spacial score (nSPS) is 16.7. The van der Waals surface area contributed by atoms with Crippen LogP contribution in [0.15, 0.2) is 72.8 Å². The molecule has 1 saturated heterocycles. The number of likely N-dealkylation sites (N-methyl/N-ethyl adjacent to an activating group) is 1. The first-order chi connectivity index (χ1) is 36.1. The van der Waals surface area contributed by atoms with Crippen LogP contribution in [0.4, 0.5) is 16.2 Å². The number of amides is 6. The van der Waals surface area contributed by atoms with Crippen molar-refractivity contribution in [3.05, 3.63) is 95.1 Å². The van der Waals surface area contributed by atoms with Gasteiger partial charge in [-0.2, -0.15) is 0 Å². The highest BCUT2D eigenvalue weighted by atomic mass is 16.6. The molecule has 0 saturated carbocycles. The minimum absolute atomic E-state index is 0.0233. The number of carbonyl (C=O) groups excluding carboxylic acids is 7. The number of likely N-dealkylation sites (tertiary alicyclic amines) is 1. The summed E-state index contributed by atoms with van der Waals surface area (Å²) in [5.41, 5.74) is 10.2. The number of nitrogens with two attached hydrogens (primary N) is 1. The van der Waals surface area contributed by atoms with Gasteiger partial charge in [0.25, 0.3) is 0 Å². The van der Waals surface area contributed by atoms with Gasteiger partial charge in [0.15, 0.2) is 11.6 Å². The van der Waals surface area contributed by atoms with E-state index in [9.17, 15) is 33.6 Å². The molecule has 0 aromatic heterocycles. The summed E-state index contributed by atoms with van der Waals surface area (Å²) in [5, 5.41) is 11.1. The molecule has 406 valence electrons. The number of primary amides is 1. The molecule has 1 fully saturated rings. The lowest BCUT2D eigenvalue weighted by Crippen LogP contribution is -2.57. The molecule has 6 N–H and O–H groups in total. The summed E-state index contributed by atoms with van der Waals surface area (Å²) in [7, 11) is 2.13. The van der Waals surface area contributed by atoms with Crippen LogP contribution in [0.2, 0.25) is 0 Å². The quantitative estimate of drug-likeness (QED) is 0.0311. The Kier molecular flexibility index (Phi) is 24.9. The SMILES string of the molecule is CC(=O)[C@H]1CCCC[N+]1(C)Cc1ccc(NC(=O)[C@H](CCCNC(N)=O)CC(=O)[C@@H](NC(=O)CCOCCOCCOCCOCCNC(=O)CCC(=O)N2Cc3ccccc3C#Cc3ccccc32)C(C)C)cc1. The Bertz CT molecular complexity index is 2440. The fourth-order valence-electron chi connectivity index (χ4n) is 9.43. The minimum atomic E-state index is -0.826. The molecule has 2 aliphatic heterocycles. The van der Waals surface area contributed by atoms with Gasteiger partial charge in [0, 0.05) is 80.4 Å². The molecule has 6 amide bonds. The van der Waals surface area contributed by atoms with Gasteiger partial charge in [-0.05, 0) is 67.5 Å². The zero-order chi connectivity index (χ0) is 54.0. The largest absolute Gasteiger partial charge is 0.379 e. The summed E-state index contributed by atoms with van der Waals surface area (Å²) in [6.45, 7) is 10.1. The predicted octanol–water partition coefficient (Wildman–Crippen LogP) is 5.18. The molecule has 0 aliphatic carbocycles. The number of quaternary nitrogens is 1. The minimum Gasteiger partial charge on any atom is -0.379 e. The molecule has 18 heteroatoms. The highest BCUT2D eigenvalue weighted by Gasteiger charge is 2.38. The molecule has 0 bridgehead atoms. The van der Waals surface area contributed by atoms with Gasteiger partial charge >= 0.3 is 6.03 Å². The molecule has 2 heterocycles. The van der Waals surface area contributed by atoms with Crippen LogP contribution >= 0.6 is 0 Å². The number of fused-ring (bicyclic) bond motifs is 2. The standard InChI is InChI=1S/C57H77N7O11/c1-41(2)55(51(66)38-46(15-11-27-60-57(58)71)56(70)61-48-22-18-43(19-23-48)40-64(4)29-10-9-17-50(64)42(3)65)62-53(68)26-30-72-32-34-74-36-37-75-35-33-73-31-28-59-52(67)24-25-54(69)63-39-47-14-6-5-12-44(47)20-21-45-13-7-8-16-49(45)63/h5-8,12-14,16,18-19,22-23,41,46,50,55H,9-11,15,17,24-40H2,1-4H3,(H5-,58,59,60,61,62,67,68,70,71)/p+1/t46-,50-,55+,64?/m1/s1. The molecular weight excluding hydrogens is 959 g/mol. The van der Waals surface area contributed by atoms with Crippen molar-refractivity contribution in [2.24, 2.45) is 17.6 Å². The van der Waals surface area contributed by atoms with Crippen molar-refractivity contribution < 1.29 is 57.0 Å². The van der Waals surface area contributed by atoms with Crippen molar-refractivity contribution in [3.8, 4) is 11.8 Å². The molecule has 2 aliphatic rings. The second-order valence-corrected chi connectivity index (χ2v) is 19.7. The van der Waals surface area contributed by atoms with Crippen molar-refractivity contribution in [3.63, 3.8) is 0 Å². The maximum Gasteiger partial charge on any atom is 0.312 e. The predicted molar refractivity (Wildman–Crippen MR) is 285 cm³/mol. The van der Waals surface area contributed by atoms with E-state index in [1.807, 2.05) is 86.6 Å². The number of para-hydroxylation sites is 1. The fourth-order valence-corrected chi connectivity index (χ4v) is 9.43. The Balaban J connectivity index is 0.906. The zero-order valence-electron chi connectivity index (χ0n) is 44.3. The maximum absolute atomic E-state index is 13.7. The number of carbonyl (C=O) groups is 7. The molecule has 3 aromatic carbocycles. The Morgan fingerprint density at radius 3 is 2.05 bits per heavy atom. The fraction of sp³-hybridized carbons (Fsp3) is 0.526. The third-order valence-corrected chi connectivity index (χ3v) is 13.5. The Morgan fingerprint density at radius 2 is 1.37 bits per heavy atom. The zero-order valence-corrected chi connectivity index (χ0v) is 44.3. The van der Waals surface area contributed by atoms with Gasteiger partial charge in [-0.1, -0.05) is 68.2 Å². The molecule has 0 spiro atoms. The van der Waals surface area contributed by atoms with E-state index in [2.05, 4.69) is 40.2 Å². The second-order valence-electron chi connectivity index (χ2n) is 19.7. The number of hydrogen-bond acceptors (Lipinski definition) is 11. The van der Waals surface area contributed by atoms with Gasteiger partial charge in [0.2, 0.25) is 23.6 Å². The number of ketones is 2. The molecule has 4 atom stereocenters. The average molecular weight is 1040 g/mol. The number of anilines is 2. The maximum atomic E-state index is 13.7. The third kappa shape index (κ3) is 20.3. The van der Waals surface area contributed by atoms with Crippen molar-refractivity contribution in [2.75, 3.05) is 89.8 Å². The van der Waals surface area contributed by atoms with Gasteiger partial charge in [0.05, 0.1) is 84.7 Å². The van der Waals surface area contributed by atoms with E-state index < -0.39 is 18.0 Å². The van der Waals surface area contributed by atoms with Gasteiger partial charge < -0.3 is 55.3 Å². The number of Topliss-reactive ketones (excluding diaryl/α,β-unsaturated/α-hetero) is 2. The van der Waals surface area contributed by atoms with E-state index in [4.69, 9.17) is 24.7 Å². The molecule has 3 aromatic rings. The summed E-state index contributed by atoms with van der Waals surface area (Å²) in [5.74, 6) is 4.23. The van der Waals surface area contributed by atoms with E-state index in [0.717, 1.165) is 53.7 Å². The molecular formula is C57H78N7O11+. The van der Waals surface area contributed by atoms with Crippen LogP contribution in [0.3, 0.4) is 0 Å². The highest BCUT2D eigenvalue weighted by molar-refractivity contribution is 5.98. The van der Waals surface area contributed by atoms with E-state index in [1.165, 1.54) is 0 Å². The Hall–Kier alpha value is -6.49. The Morgan fingerprint density at radius 1 is 0.733 bits per heavy atom. The summed E-state index contributed by atoms with van der Waals surface area (Å²) >= 11 is 0. The van der Waals surface area contributed by atoms with Gasteiger partial charge in [-0.15, -0.1) is 0 Å². The second kappa shape index (κ2) is 31.4. The van der Waals surface area contributed by atoms with Gasteiger partial charge in [0.1, 0.15) is 12.6 Å². The average Bonchev–Trinajstić information content (AvgIpc) is 3.37. The van der Waals surface area contributed by atoms with E-state index in [0.29, 0.717) is 75.7 Å². The molecule has 1 unspecified atom stereocenters. The third-order valence-electron chi connectivity index (χ3n) is 13.5. The van der Waals surface area contributed by atoms with Crippen LogP contribution < -0.4 is 31.9 Å². The number of ether oxygens (including phenoxy) is 4. The lowest BCUT2D eigenvalue weighted by molar-refractivity contribution is -0.941. The number of piperidine rings is 1. The lowest BCUT2D eigenvalue weighted by Gasteiger charge is -2.43. The van der Waals surface area contributed by atoms with Crippen LogP contribution in [0.5, 0.6) is 0 Å². The van der Waals surface area contributed by atoms with E-state index >= 15 is 0 Å². The number of nitrogens with one attached hydrogen (secondary N) is 4. The number of rotatable bonds is 32. The lowest BCUT2D eigenvalue weighted by atomic mass is 9.89. The molecule has 5 rings (SSSR count). The Labute approximate surface area is 442 Å². The summed E-state index contributed by atoms with van der Waals surface area (Å²) < 4.78 is 22.9. The van der Waals surface area contributed by atoms with Crippen LogP contribution in [0.25, 0.3) is 0 Å². The van der Waals surface area contributed by atoms with Gasteiger partial charge in [-0.25, -0.2) is 4.79 Å². The van der Waals surface area contributed by atoms with E-state index in [-0.39, 0.29) is 99.2 Å². The van der Waals surface area contributed by atoms with Crippen LogP contribution in [-0.4, -0.2) is 137 Å². The number of hydrogen-bond donors (Lipinski definition) is 5. The highest BCUT2D eigenvalue weighted by Crippen LogP contribution is 2.29. The van der Waals surface area contributed by atoms with Gasteiger partial charge in [-0.3, -0.25) is 28.8 Å². The van der Waals surface area contributed by atoms with Crippen molar-refractivity contribution in [2.45, 2.75) is 104 Å². The number of nitrogens with zero attached hydrogens (tertiary/aromatic N) is 2. The molecule has 75 heavy (non-hydrogen) atoms. The summed E-state index contributed by atoms with van der Waals surface area (Å²) in [6.07, 6.45) is 3.72. The molecule has 18 nitrogen and oxygen atoms in total. The van der Waals surface area contributed by atoms with E-state index in [1.54, 1.807) is 11.8 Å². The van der Waals surface area contributed by atoms with Crippen molar-refractivity contribution in [1.82, 2.24) is 16.0 Å². The summed E-state index contributed by atoms with van der Waals surface area (Å²) in [6, 6.07) is 21.3. The number of benzene rings is 3. The first-order valence-electron chi connectivity index (χ1n) is 26.3. The molecule has 0 radical (unpaired) electrons. The van der Waals surface area contributed by atoms with Crippen LogP contribution in [0, 0.1) is 23.7 Å². The van der Waals surface area contributed by atoms with Crippen LogP contribution in [-0.2, 0) is 60.8 Å². The first-order valence-corrected chi connectivity index (χ1v) is 26.3. The number of urea groups is 1. The monoisotopic (exact) mass is 1040 g/mol. The summed E-state index contributed by atoms with van der Waals surface area (Å²) in [4.78, 5) is 91.7. The van der Waals surface area contributed by atoms with Crippen molar-refractivity contribution in [1.29, 1.82) is 0 Å². The van der Waals surface area contributed by atoms with Crippen LogP contribution in [0.1, 0.15) is 101 Å². The van der Waals surface area contributed by atoms with Crippen molar-refractivity contribution >= 4 is 52.6 Å². The first kappa shape index (κ1) is 59.4.